The number of amides is 1. The molecule has 1 amide bonds. The summed E-state index contributed by atoms with van der Waals surface area (Å²) in [7, 11) is 0. The van der Waals surface area contributed by atoms with Crippen molar-refractivity contribution >= 4 is 5.91 Å². The van der Waals surface area contributed by atoms with Crippen molar-refractivity contribution in [1.82, 2.24) is 20.4 Å². The van der Waals surface area contributed by atoms with Gasteiger partial charge in [0.15, 0.2) is 5.69 Å². The van der Waals surface area contributed by atoms with Crippen LogP contribution in [0, 0.1) is 5.92 Å². The molecule has 5 nitrogen and oxygen atoms in total. The highest BCUT2D eigenvalue weighted by Crippen LogP contribution is 2.38. The van der Waals surface area contributed by atoms with Crippen LogP contribution in [0.4, 0.5) is 0 Å². The molecule has 1 saturated heterocycles. The van der Waals surface area contributed by atoms with Crippen LogP contribution >= 0.6 is 0 Å². The fourth-order valence-electron chi connectivity index (χ4n) is 3.71. The second-order valence-electron chi connectivity index (χ2n) is 5.75. The number of carbonyl (C=O) groups is 1. The van der Waals surface area contributed by atoms with E-state index in [1.54, 1.807) is 0 Å². The Kier molecular flexibility index (Phi) is 2.24. The van der Waals surface area contributed by atoms with Gasteiger partial charge in [-0.3, -0.25) is 9.89 Å². The maximum atomic E-state index is 12.6. The predicted octanol–water partition coefficient (Wildman–Crippen LogP) is 0.680. The van der Waals surface area contributed by atoms with Crippen LogP contribution in [0.5, 0.6) is 0 Å². The highest BCUT2D eigenvalue weighted by Gasteiger charge is 2.41. The number of hydrogen-bond donors (Lipinski definition) is 2. The molecule has 2 aliphatic heterocycles. The van der Waals surface area contributed by atoms with Crippen molar-refractivity contribution in [3.05, 3.63) is 17.0 Å². The Bertz CT molecular complexity index is 495. The molecule has 0 radical (unpaired) electrons. The minimum absolute atomic E-state index is 0.142. The molecule has 1 aromatic rings. The number of nitrogens with zero attached hydrogens (tertiary/aromatic N) is 2. The molecule has 4 rings (SSSR count). The third-order valence-electron chi connectivity index (χ3n) is 4.68. The van der Waals surface area contributed by atoms with Gasteiger partial charge in [0.25, 0.3) is 5.91 Å². The van der Waals surface area contributed by atoms with Gasteiger partial charge < -0.3 is 10.2 Å². The molecule has 18 heavy (non-hydrogen) atoms. The summed E-state index contributed by atoms with van der Waals surface area (Å²) < 4.78 is 0. The molecule has 2 atom stereocenters. The lowest BCUT2D eigenvalue weighted by Gasteiger charge is -2.26. The highest BCUT2D eigenvalue weighted by atomic mass is 16.2. The summed E-state index contributed by atoms with van der Waals surface area (Å²) in [6.45, 7) is 2.69. The van der Waals surface area contributed by atoms with Crippen LogP contribution < -0.4 is 5.32 Å². The van der Waals surface area contributed by atoms with Crippen LogP contribution in [-0.2, 0) is 13.0 Å². The largest absolute Gasteiger partial charge is 0.334 e. The number of nitrogens with one attached hydrogen (secondary N) is 2. The summed E-state index contributed by atoms with van der Waals surface area (Å²) >= 11 is 0. The lowest BCUT2D eigenvalue weighted by Crippen LogP contribution is -2.38. The van der Waals surface area contributed by atoms with Gasteiger partial charge in [0.1, 0.15) is 0 Å². The summed E-state index contributed by atoms with van der Waals surface area (Å²) in [6, 6.07) is 0.478. The van der Waals surface area contributed by atoms with Crippen molar-refractivity contribution in [3.63, 3.8) is 0 Å². The first-order chi connectivity index (χ1) is 8.83. The summed E-state index contributed by atoms with van der Waals surface area (Å²) in [4.78, 5) is 14.6. The number of carbonyl (C=O) groups excluding carboxylic acids is 1. The van der Waals surface area contributed by atoms with Gasteiger partial charge in [-0.1, -0.05) is 0 Å². The van der Waals surface area contributed by atoms with Crippen molar-refractivity contribution in [3.8, 4) is 0 Å². The Morgan fingerprint density at radius 1 is 1.39 bits per heavy atom. The highest BCUT2D eigenvalue weighted by molar-refractivity contribution is 5.94. The maximum Gasteiger partial charge on any atom is 0.274 e. The van der Waals surface area contributed by atoms with E-state index in [9.17, 15) is 4.79 Å². The van der Waals surface area contributed by atoms with Gasteiger partial charge in [0.2, 0.25) is 0 Å². The third-order valence-corrected chi connectivity index (χ3v) is 4.68. The predicted molar refractivity (Wildman–Crippen MR) is 66.2 cm³/mol. The lowest BCUT2D eigenvalue weighted by molar-refractivity contribution is 0.0696. The van der Waals surface area contributed by atoms with E-state index in [0.29, 0.717) is 11.7 Å². The number of likely N-dealkylation sites (tertiary alicyclic amines) is 1. The van der Waals surface area contributed by atoms with Gasteiger partial charge in [-0.2, -0.15) is 5.10 Å². The molecular formula is C13H18N4O. The Morgan fingerprint density at radius 2 is 2.33 bits per heavy atom. The smallest absolute Gasteiger partial charge is 0.274 e. The van der Waals surface area contributed by atoms with Gasteiger partial charge >= 0.3 is 0 Å². The summed E-state index contributed by atoms with van der Waals surface area (Å²) in [5, 5.41) is 10.6. The average Bonchev–Trinajstić information content (AvgIpc) is 3.12. The van der Waals surface area contributed by atoms with E-state index in [2.05, 4.69) is 20.4 Å². The van der Waals surface area contributed by atoms with Crippen molar-refractivity contribution < 1.29 is 4.79 Å². The minimum Gasteiger partial charge on any atom is -0.334 e. The van der Waals surface area contributed by atoms with Crippen LogP contribution in [0.2, 0.25) is 0 Å². The van der Waals surface area contributed by atoms with Gasteiger partial charge in [-0.15, -0.1) is 0 Å². The van der Waals surface area contributed by atoms with Crippen LogP contribution in [0.3, 0.4) is 0 Å². The monoisotopic (exact) mass is 246 g/mol. The first-order valence-electron chi connectivity index (χ1n) is 6.90. The quantitative estimate of drug-likeness (QED) is 0.766. The first kappa shape index (κ1) is 10.6. The van der Waals surface area contributed by atoms with Crippen LogP contribution in [0.25, 0.3) is 0 Å². The Balaban J connectivity index is 1.63. The molecule has 1 saturated carbocycles. The van der Waals surface area contributed by atoms with Gasteiger partial charge in [0, 0.05) is 43.4 Å². The van der Waals surface area contributed by atoms with Crippen LogP contribution in [0.1, 0.15) is 41.0 Å². The molecule has 5 heteroatoms. The van der Waals surface area contributed by atoms with E-state index >= 15 is 0 Å². The molecule has 2 bridgehead atoms. The van der Waals surface area contributed by atoms with Crippen molar-refractivity contribution in [2.24, 2.45) is 5.92 Å². The van der Waals surface area contributed by atoms with E-state index < -0.39 is 0 Å². The Hall–Kier alpha value is -1.36. The summed E-state index contributed by atoms with van der Waals surface area (Å²) in [5.41, 5.74) is 2.89. The number of aromatic nitrogens is 2. The zero-order valence-corrected chi connectivity index (χ0v) is 10.4. The molecule has 96 valence electrons. The standard InChI is InChI=1S/C13H18N4O/c18-13(17-7-8-1-2-9(17)5-8)12-10-6-14-4-3-11(10)15-16-12/h8-9,14H,1-7H2,(H,15,16). The van der Waals surface area contributed by atoms with E-state index in [1.807, 2.05) is 0 Å². The molecule has 3 heterocycles. The molecule has 0 aromatic carbocycles. The van der Waals surface area contributed by atoms with Crippen molar-refractivity contribution in [1.29, 1.82) is 0 Å². The summed E-state index contributed by atoms with van der Waals surface area (Å²) in [5.74, 6) is 0.884. The zero-order chi connectivity index (χ0) is 12.1. The number of H-pyrrole nitrogens is 1. The Morgan fingerprint density at radius 3 is 3.11 bits per heavy atom. The van der Waals surface area contributed by atoms with E-state index in [-0.39, 0.29) is 5.91 Å². The molecule has 2 unspecified atom stereocenters. The minimum atomic E-state index is 0.142. The third kappa shape index (κ3) is 1.43. The second-order valence-corrected chi connectivity index (χ2v) is 5.75. The maximum absolute atomic E-state index is 12.6. The number of rotatable bonds is 1. The topological polar surface area (TPSA) is 61.0 Å². The first-order valence-corrected chi connectivity index (χ1v) is 6.90. The van der Waals surface area contributed by atoms with Gasteiger partial charge in [-0.25, -0.2) is 0 Å². The SMILES string of the molecule is O=C(c1n[nH]c2c1CNCC2)N1CC2CCC1C2. The van der Waals surface area contributed by atoms with Crippen molar-refractivity contribution in [2.75, 3.05) is 13.1 Å². The number of hydrogen-bond acceptors (Lipinski definition) is 3. The average molecular weight is 246 g/mol. The fraction of sp³-hybridized carbons (Fsp3) is 0.692. The molecule has 0 spiro atoms. The number of aromatic amines is 1. The summed E-state index contributed by atoms with van der Waals surface area (Å²) in [6.07, 6.45) is 4.63. The van der Waals surface area contributed by atoms with Crippen LogP contribution in [0.15, 0.2) is 0 Å². The molecular weight excluding hydrogens is 228 g/mol. The molecule has 2 fully saturated rings. The molecule has 1 aliphatic carbocycles. The van der Waals surface area contributed by atoms with Crippen LogP contribution in [-0.4, -0.2) is 40.1 Å². The normalized spacial score (nSPS) is 29.7. The van der Waals surface area contributed by atoms with Gasteiger partial charge in [-0.05, 0) is 25.2 Å². The molecule has 1 aromatic heterocycles. The molecule has 2 N–H and O–H groups in total. The number of piperidine rings is 1. The van der Waals surface area contributed by atoms with E-state index in [1.165, 1.54) is 19.3 Å². The number of fused-ring (bicyclic) bond motifs is 3. The van der Waals surface area contributed by atoms with E-state index in [4.69, 9.17) is 0 Å². The lowest BCUT2D eigenvalue weighted by atomic mass is 10.1. The second kappa shape index (κ2) is 3.82. The van der Waals surface area contributed by atoms with E-state index in [0.717, 1.165) is 43.2 Å². The zero-order valence-electron chi connectivity index (χ0n) is 10.4. The fourth-order valence-corrected chi connectivity index (χ4v) is 3.71. The Labute approximate surface area is 106 Å². The van der Waals surface area contributed by atoms with Crippen molar-refractivity contribution in [2.45, 2.75) is 38.3 Å². The van der Waals surface area contributed by atoms with Gasteiger partial charge in [0.05, 0.1) is 0 Å². The molecule has 3 aliphatic rings.